The quantitative estimate of drug-likeness (QED) is 0.867. The van der Waals surface area contributed by atoms with Crippen molar-refractivity contribution in [3.63, 3.8) is 0 Å². The molecule has 0 aliphatic carbocycles. The maximum atomic E-state index is 12.8. The maximum Gasteiger partial charge on any atom is 0.418 e. The second-order valence-corrected chi connectivity index (χ2v) is 5.61. The summed E-state index contributed by atoms with van der Waals surface area (Å²) in [4.78, 5) is 0. The zero-order chi connectivity index (χ0) is 13.9. The Morgan fingerprint density at radius 1 is 1.37 bits per heavy atom. The number of anilines is 1. The first-order valence-electron chi connectivity index (χ1n) is 6.31. The zero-order valence-corrected chi connectivity index (χ0v) is 11.9. The first-order chi connectivity index (χ1) is 8.97. The molecule has 0 bridgehead atoms. The highest BCUT2D eigenvalue weighted by atomic mass is 79.9. The van der Waals surface area contributed by atoms with E-state index in [-0.39, 0.29) is 5.69 Å². The molecule has 1 aromatic rings. The highest BCUT2D eigenvalue weighted by Gasteiger charge is 2.33. The number of nitrogens with one attached hydrogen (secondary N) is 2. The van der Waals surface area contributed by atoms with Gasteiger partial charge in [-0.05, 0) is 44.0 Å². The van der Waals surface area contributed by atoms with Gasteiger partial charge >= 0.3 is 6.18 Å². The van der Waals surface area contributed by atoms with Crippen LogP contribution >= 0.6 is 15.9 Å². The molecule has 1 fully saturated rings. The molecule has 0 radical (unpaired) electrons. The van der Waals surface area contributed by atoms with Crippen LogP contribution < -0.4 is 10.6 Å². The van der Waals surface area contributed by atoms with E-state index < -0.39 is 11.7 Å². The molecule has 6 heteroatoms. The summed E-state index contributed by atoms with van der Waals surface area (Å²) in [5, 5.41) is 6.23. The normalized spacial score (nSPS) is 19.7. The average Bonchev–Trinajstić information content (AvgIpc) is 2.80. The van der Waals surface area contributed by atoms with Gasteiger partial charge in [-0.2, -0.15) is 13.2 Å². The fourth-order valence-corrected chi connectivity index (χ4v) is 2.66. The van der Waals surface area contributed by atoms with E-state index in [4.69, 9.17) is 0 Å². The van der Waals surface area contributed by atoms with Crippen molar-refractivity contribution in [1.82, 2.24) is 5.32 Å². The summed E-state index contributed by atoms with van der Waals surface area (Å²) in [5.74, 6) is 0. The monoisotopic (exact) mass is 336 g/mol. The zero-order valence-electron chi connectivity index (χ0n) is 10.4. The van der Waals surface area contributed by atoms with Crippen molar-refractivity contribution < 1.29 is 13.2 Å². The Hall–Kier alpha value is -0.750. The first kappa shape index (κ1) is 14.7. The molecule has 2 nitrogen and oxygen atoms in total. The molecule has 0 saturated carbocycles. The van der Waals surface area contributed by atoms with Crippen LogP contribution in [-0.4, -0.2) is 19.1 Å². The SMILES string of the molecule is FC(F)(F)c1ccc(Br)cc1NCC[C@H]1CCCN1. The van der Waals surface area contributed by atoms with E-state index in [1.807, 2.05) is 0 Å². The predicted octanol–water partition coefficient (Wildman–Crippen LogP) is 4.02. The molecule has 1 saturated heterocycles. The number of benzene rings is 1. The van der Waals surface area contributed by atoms with E-state index in [1.165, 1.54) is 12.1 Å². The minimum Gasteiger partial charge on any atom is -0.384 e. The summed E-state index contributed by atoms with van der Waals surface area (Å²) < 4.78 is 39.2. The minimum atomic E-state index is -4.32. The first-order valence-corrected chi connectivity index (χ1v) is 7.10. The van der Waals surface area contributed by atoms with Crippen LogP contribution in [0.25, 0.3) is 0 Å². The number of halogens is 4. The summed E-state index contributed by atoms with van der Waals surface area (Å²) in [6, 6.07) is 4.41. The molecule has 106 valence electrons. The van der Waals surface area contributed by atoms with Crippen molar-refractivity contribution in [2.24, 2.45) is 0 Å². The van der Waals surface area contributed by atoms with Crippen molar-refractivity contribution in [3.8, 4) is 0 Å². The lowest BCUT2D eigenvalue weighted by molar-refractivity contribution is -0.136. The summed E-state index contributed by atoms with van der Waals surface area (Å²) in [5.41, 5.74) is -0.477. The topological polar surface area (TPSA) is 24.1 Å². The van der Waals surface area contributed by atoms with Gasteiger partial charge in [-0.3, -0.25) is 0 Å². The van der Waals surface area contributed by atoms with Gasteiger partial charge in [-0.15, -0.1) is 0 Å². The smallest absolute Gasteiger partial charge is 0.384 e. The Balaban J connectivity index is 1.99. The molecule has 1 aliphatic heterocycles. The van der Waals surface area contributed by atoms with Gasteiger partial charge < -0.3 is 10.6 Å². The van der Waals surface area contributed by atoms with Crippen LogP contribution in [-0.2, 0) is 6.18 Å². The second kappa shape index (κ2) is 6.13. The van der Waals surface area contributed by atoms with Crippen LogP contribution in [0.4, 0.5) is 18.9 Å². The molecule has 1 heterocycles. The Morgan fingerprint density at radius 2 is 2.16 bits per heavy atom. The lowest BCUT2D eigenvalue weighted by Crippen LogP contribution is -2.24. The van der Waals surface area contributed by atoms with E-state index in [0.29, 0.717) is 17.1 Å². The van der Waals surface area contributed by atoms with Gasteiger partial charge in [0.25, 0.3) is 0 Å². The highest BCUT2D eigenvalue weighted by molar-refractivity contribution is 9.10. The Morgan fingerprint density at radius 3 is 2.79 bits per heavy atom. The molecule has 1 aliphatic rings. The molecule has 2 rings (SSSR count). The molecular weight excluding hydrogens is 321 g/mol. The van der Waals surface area contributed by atoms with Crippen LogP contribution in [0.1, 0.15) is 24.8 Å². The van der Waals surface area contributed by atoms with E-state index in [2.05, 4.69) is 26.6 Å². The predicted molar refractivity (Wildman–Crippen MR) is 73.3 cm³/mol. The number of alkyl halides is 3. The van der Waals surface area contributed by atoms with Crippen LogP contribution in [0.3, 0.4) is 0 Å². The molecule has 19 heavy (non-hydrogen) atoms. The van der Waals surface area contributed by atoms with Crippen molar-refractivity contribution in [2.75, 3.05) is 18.4 Å². The second-order valence-electron chi connectivity index (χ2n) is 4.70. The number of hydrogen-bond acceptors (Lipinski definition) is 2. The molecule has 0 spiro atoms. The third-order valence-corrected chi connectivity index (χ3v) is 3.75. The Bertz CT molecular complexity index is 428. The van der Waals surface area contributed by atoms with Crippen LogP contribution in [0.5, 0.6) is 0 Å². The Labute approximate surface area is 118 Å². The van der Waals surface area contributed by atoms with Gasteiger partial charge in [0.2, 0.25) is 0 Å². The standard InChI is InChI=1S/C13H16BrF3N2/c14-9-3-4-11(13(15,16)17)12(8-9)19-7-5-10-2-1-6-18-10/h3-4,8,10,18-19H,1-2,5-7H2/t10-/m1/s1. The van der Waals surface area contributed by atoms with Crippen molar-refractivity contribution >= 4 is 21.6 Å². The van der Waals surface area contributed by atoms with Gasteiger partial charge in [0, 0.05) is 22.7 Å². The van der Waals surface area contributed by atoms with E-state index in [1.54, 1.807) is 0 Å². The summed E-state index contributed by atoms with van der Waals surface area (Å²) in [6.07, 6.45) is -1.24. The third kappa shape index (κ3) is 4.11. The van der Waals surface area contributed by atoms with Gasteiger partial charge in [-0.1, -0.05) is 15.9 Å². The van der Waals surface area contributed by atoms with Crippen LogP contribution in [0.15, 0.2) is 22.7 Å². The van der Waals surface area contributed by atoms with Gasteiger partial charge in [0.05, 0.1) is 5.56 Å². The van der Waals surface area contributed by atoms with Crippen molar-refractivity contribution in [3.05, 3.63) is 28.2 Å². The summed E-state index contributed by atoms with van der Waals surface area (Å²) in [6.45, 7) is 1.55. The van der Waals surface area contributed by atoms with Gasteiger partial charge in [0.15, 0.2) is 0 Å². The number of rotatable bonds is 4. The molecule has 0 unspecified atom stereocenters. The minimum absolute atomic E-state index is 0.139. The summed E-state index contributed by atoms with van der Waals surface area (Å²) in [7, 11) is 0. The molecule has 1 aromatic carbocycles. The van der Waals surface area contributed by atoms with Crippen molar-refractivity contribution in [2.45, 2.75) is 31.5 Å². The fourth-order valence-electron chi connectivity index (χ4n) is 2.29. The lowest BCUT2D eigenvalue weighted by Gasteiger charge is -2.16. The van der Waals surface area contributed by atoms with E-state index in [0.717, 1.165) is 31.9 Å². The average molecular weight is 337 g/mol. The highest BCUT2D eigenvalue weighted by Crippen LogP contribution is 2.36. The fraction of sp³-hybridized carbons (Fsp3) is 0.538. The number of hydrogen-bond donors (Lipinski definition) is 2. The van der Waals surface area contributed by atoms with E-state index in [9.17, 15) is 13.2 Å². The van der Waals surface area contributed by atoms with Crippen molar-refractivity contribution in [1.29, 1.82) is 0 Å². The molecule has 0 aromatic heterocycles. The largest absolute Gasteiger partial charge is 0.418 e. The van der Waals surface area contributed by atoms with Crippen LogP contribution in [0, 0.1) is 0 Å². The summed E-state index contributed by atoms with van der Waals surface area (Å²) >= 11 is 3.20. The van der Waals surface area contributed by atoms with Gasteiger partial charge in [0.1, 0.15) is 0 Å². The molecule has 0 amide bonds. The lowest BCUT2D eigenvalue weighted by atomic mass is 10.1. The van der Waals surface area contributed by atoms with Gasteiger partial charge in [-0.25, -0.2) is 0 Å². The third-order valence-electron chi connectivity index (χ3n) is 3.26. The van der Waals surface area contributed by atoms with Crippen LogP contribution in [0.2, 0.25) is 0 Å². The molecular formula is C13H16BrF3N2. The Kier molecular flexibility index (Phi) is 4.73. The molecule has 1 atom stereocenters. The van der Waals surface area contributed by atoms with E-state index >= 15 is 0 Å². The molecule has 2 N–H and O–H groups in total. The maximum absolute atomic E-state index is 12.8.